The molecule has 0 heterocycles. The fourth-order valence-corrected chi connectivity index (χ4v) is 3.35. The van der Waals surface area contributed by atoms with E-state index in [-0.39, 0.29) is 11.5 Å². The van der Waals surface area contributed by atoms with E-state index in [1.54, 1.807) is 6.08 Å². The van der Waals surface area contributed by atoms with Gasteiger partial charge < -0.3 is 10.1 Å². The largest absolute Gasteiger partial charge is 0.488 e. The summed E-state index contributed by atoms with van der Waals surface area (Å²) in [6.07, 6.45) is 2.29. The van der Waals surface area contributed by atoms with E-state index in [0.717, 1.165) is 21.2 Å². The summed E-state index contributed by atoms with van der Waals surface area (Å²) in [5.74, 6) is 0.316. The Morgan fingerprint density at radius 3 is 2.30 bits per heavy atom. The molecule has 30 heavy (non-hydrogen) atoms. The summed E-state index contributed by atoms with van der Waals surface area (Å²) in [6.45, 7) is 0.930. The van der Waals surface area contributed by atoms with Crippen LogP contribution >= 0.6 is 15.9 Å². The second-order valence-corrected chi connectivity index (χ2v) is 7.48. The van der Waals surface area contributed by atoms with E-state index in [0.29, 0.717) is 25.3 Å². The topological polar surface area (TPSA) is 62.1 Å². The van der Waals surface area contributed by atoms with Crippen molar-refractivity contribution in [2.75, 3.05) is 6.54 Å². The normalized spacial score (nSPS) is 10.9. The van der Waals surface area contributed by atoms with Crippen LogP contribution in [0.4, 0.5) is 0 Å². The van der Waals surface area contributed by atoms with Crippen molar-refractivity contribution < 1.29 is 9.53 Å². The summed E-state index contributed by atoms with van der Waals surface area (Å²) in [5, 5.41) is 12.2. The number of amides is 1. The first-order valence-corrected chi connectivity index (χ1v) is 10.3. The average molecular weight is 461 g/mol. The van der Waals surface area contributed by atoms with Crippen molar-refractivity contribution >= 4 is 27.9 Å². The number of halogens is 1. The van der Waals surface area contributed by atoms with E-state index in [1.165, 1.54) is 0 Å². The molecule has 0 fully saturated rings. The van der Waals surface area contributed by atoms with Gasteiger partial charge in [-0.1, -0.05) is 66.7 Å². The van der Waals surface area contributed by atoms with Gasteiger partial charge >= 0.3 is 0 Å². The van der Waals surface area contributed by atoms with Gasteiger partial charge in [-0.05, 0) is 57.2 Å². The molecule has 0 saturated heterocycles. The van der Waals surface area contributed by atoms with Crippen molar-refractivity contribution in [3.05, 3.63) is 106 Å². The Balaban J connectivity index is 1.59. The number of hydrogen-bond donors (Lipinski definition) is 1. The first-order chi connectivity index (χ1) is 14.7. The standard InChI is InChI=1S/C25H21BrN2O2/c26-23-16-21(11-12-24(23)30-18-20-9-5-2-6-10-20)15-22(17-27)25(29)28-14-13-19-7-3-1-4-8-19/h1-12,15-16H,13-14,18H2,(H,28,29)/b22-15+. The first-order valence-electron chi connectivity index (χ1n) is 9.56. The monoisotopic (exact) mass is 460 g/mol. The van der Waals surface area contributed by atoms with E-state index in [9.17, 15) is 10.1 Å². The van der Waals surface area contributed by atoms with Gasteiger partial charge in [-0.3, -0.25) is 4.79 Å². The van der Waals surface area contributed by atoms with Crippen LogP contribution in [0.25, 0.3) is 6.08 Å². The molecule has 0 aromatic heterocycles. The maximum atomic E-state index is 12.3. The van der Waals surface area contributed by atoms with Crippen LogP contribution in [0.5, 0.6) is 5.75 Å². The summed E-state index contributed by atoms with van der Waals surface area (Å²) in [4.78, 5) is 12.3. The van der Waals surface area contributed by atoms with Crippen molar-refractivity contribution in [1.82, 2.24) is 5.32 Å². The van der Waals surface area contributed by atoms with Crippen LogP contribution in [0.15, 0.2) is 88.9 Å². The maximum Gasteiger partial charge on any atom is 0.261 e. The molecule has 0 atom stereocenters. The highest BCUT2D eigenvalue weighted by atomic mass is 79.9. The SMILES string of the molecule is N#C/C(=C\c1ccc(OCc2ccccc2)c(Br)c1)C(=O)NCCc1ccccc1. The number of hydrogen-bond acceptors (Lipinski definition) is 3. The quantitative estimate of drug-likeness (QED) is 0.366. The minimum Gasteiger partial charge on any atom is -0.488 e. The molecule has 0 unspecified atom stereocenters. The lowest BCUT2D eigenvalue weighted by molar-refractivity contribution is -0.117. The molecule has 3 aromatic rings. The van der Waals surface area contributed by atoms with Gasteiger partial charge in [0.1, 0.15) is 24.0 Å². The first kappa shape index (κ1) is 21.4. The predicted molar refractivity (Wildman–Crippen MR) is 122 cm³/mol. The molecule has 0 saturated carbocycles. The smallest absolute Gasteiger partial charge is 0.261 e. The zero-order valence-electron chi connectivity index (χ0n) is 16.3. The average Bonchev–Trinajstić information content (AvgIpc) is 2.78. The van der Waals surface area contributed by atoms with Crippen LogP contribution in [-0.4, -0.2) is 12.5 Å². The van der Waals surface area contributed by atoms with Crippen LogP contribution in [0.3, 0.4) is 0 Å². The number of rotatable bonds is 8. The van der Waals surface area contributed by atoms with Gasteiger partial charge in [-0.25, -0.2) is 0 Å². The van der Waals surface area contributed by atoms with Crippen LogP contribution in [-0.2, 0) is 17.8 Å². The van der Waals surface area contributed by atoms with Crippen LogP contribution in [0.2, 0.25) is 0 Å². The lowest BCUT2D eigenvalue weighted by Gasteiger charge is -2.09. The van der Waals surface area contributed by atoms with E-state index in [1.807, 2.05) is 84.9 Å². The number of ether oxygens (including phenoxy) is 1. The molecule has 0 radical (unpaired) electrons. The summed E-state index contributed by atoms with van der Waals surface area (Å²) < 4.78 is 6.60. The second kappa shape index (κ2) is 11.0. The molecule has 150 valence electrons. The van der Waals surface area contributed by atoms with Crippen molar-refractivity contribution in [2.45, 2.75) is 13.0 Å². The molecule has 1 amide bonds. The summed E-state index contributed by atoms with van der Waals surface area (Å²) in [6, 6.07) is 27.2. The third-order valence-corrected chi connectivity index (χ3v) is 5.03. The highest BCUT2D eigenvalue weighted by molar-refractivity contribution is 9.10. The molecule has 5 heteroatoms. The Bertz CT molecular complexity index is 1060. The predicted octanol–water partition coefficient (Wildman–Crippen LogP) is 5.29. The summed E-state index contributed by atoms with van der Waals surface area (Å²) in [5.41, 5.74) is 3.01. The molecule has 0 aliphatic heterocycles. The zero-order chi connectivity index (χ0) is 21.2. The minimum atomic E-state index is -0.381. The Kier molecular flexibility index (Phi) is 7.82. The number of nitriles is 1. The zero-order valence-corrected chi connectivity index (χ0v) is 17.9. The fraction of sp³-hybridized carbons (Fsp3) is 0.120. The van der Waals surface area contributed by atoms with Gasteiger partial charge in [0.2, 0.25) is 0 Å². The van der Waals surface area contributed by atoms with Crippen LogP contribution < -0.4 is 10.1 Å². The molecule has 0 aliphatic carbocycles. The highest BCUT2D eigenvalue weighted by Gasteiger charge is 2.10. The Morgan fingerprint density at radius 2 is 1.67 bits per heavy atom. The fourth-order valence-electron chi connectivity index (χ4n) is 2.83. The number of nitrogens with one attached hydrogen (secondary N) is 1. The molecule has 1 N–H and O–H groups in total. The number of carbonyl (C=O) groups excluding carboxylic acids is 1. The Hall–Kier alpha value is -3.36. The molecule has 3 aromatic carbocycles. The van der Waals surface area contributed by atoms with E-state index in [2.05, 4.69) is 21.2 Å². The van der Waals surface area contributed by atoms with Gasteiger partial charge in [-0.15, -0.1) is 0 Å². The lowest BCUT2D eigenvalue weighted by Crippen LogP contribution is -2.26. The molecule has 3 rings (SSSR count). The van der Waals surface area contributed by atoms with Gasteiger partial charge in [0.25, 0.3) is 5.91 Å². The van der Waals surface area contributed by atoms with E-state index in [4.69, 9.17) is 4.74 Å². The van der Waals surface area contributed by atoms with Gasteiger partial charge in [0.15, 0.2) is 0 Å². The van der Waals surface area contributed by atoms with Crippen molar-refractivity contribution in [3.8, 4) is 11.8 Å². The van der Waals surface area contributed by atoms with Gasteiger partial charge in [-0.2, -0.15) is 5.26 Å². The third kappa shape index (κ3) is 6.33. The van der Waals surface area contributed by atoms with E-state index < -0.39 is 0 Å². The lowest BCUT2D eigenvalue weighted by atomic mass is 10.1. The summed E-state index contributed by atoms with van der Waals surface area (Å²) in [7, 11) is 0. The second-order valence-electron chi connectivity index (χ2n) is 6.63. The number of benzene rings is 3. The van der Waals surface area contributed by atoms with Crippen LogP contribution in [0.1, 0.15) is 16.7 Å². The van der Waals surface area contributed by atoms with Gasteiger partial charge in [0, 0.05) is 6.54 Å². The number of nitrogens with zero attached hydrogens (tertiary/aromatic N) is 1. The van der Waals surface area contributed by atoms with Crippen molar-refractivity contribution in [2.24, 2.45) is 0 Å². The third-order valence-electron chi connectivity index (χ3n) is 4.41. The van der Waals surface area contributed by atoms with E-state index >= 15 is 0 Å². The molecule has 4 nitrogen and oxygen atoms in total. The van der Waals surface area contributed by atoms with Gasteiger partial charge in [0.05, 0.1) is 4.47 Å². The molecular formula is C25H21BrN2O2. The molecule has 0 bridgehead atoms. The number of carbonyl (C=O) groups is 1. The van der Waals surface area contributed by atoms with Crippen LogP contribution in [0, 0.1) is 11.3 Å². The molecule has 0 aliphatic rings. The maximum absolute atomic E-state index is 12.3. The molecular weight excluding hydrogens is 440 g/mol. The Labute approximate surface area is 184 Å². The Morgan fingerprint density at radius 1 is 1.00 bits per heavy atom. The van der Waals surface area contributed by atoms with Crippen molar-refractivity contribution in [3.63, 3.8) is 0 Å². The summed E-state index contributed by atoms with van der Waals surface area (Å²) >= 11 is 3.50. The van der Waals surface area contributed by atoms with Crippen molar-refractivity contribution in [1.29, 1.82) is 5.26 Å². The highest BCUT2D eigenvalue weighted by Crippen LogP contribution is 2.27. The minimum absolute atomic E-state index is 0.0629. The molecule has 0 spiro atoms.